The average molecular weight is 388 g/mol. The first kappa shape index (κ1) is 20.3. The summed E-state index contributed by atoms with van der Waals surface area (Å²) in [4.78, 5) is 15.4. The first-order valence-electron chi connectivity index (χ1n) is 8.76. The van der Waals surface area contributed by atoms with Crippen LogP contribution in [0.1, 0.15) is 24.2 Å². The molecule has 1 amide bonds. The van der Waals surface area contributed by atoms with Crippen molar-refractivity contribution >= 4 is 40.7 Å². The Kier molecular flexibility index (Phi) is 8.44. The second-order valence-electron chi connectivity index (χ2n) is 5.60. The molecule has 2 N–H and O–H groups in total. The van der Waals surface area contributed by atoms with Crippen molar-refractivity contribution in [2.75, 3.05) is 30.7 Å². The summed E-state index contributed by atoms with van der Waals surface area (Å²) in [5, 5.41) is 6.93. The van der Waals surface area contributed by atoms with Crippen LogP contribution in [-0.2, 0) is 0 Å². The standard InChI is InChI=1S/C20H25N3OS2/c1-3-23(4-2)19(24)16-10-12-17(13-11-16)22-20(25)21-14-15-26-18-8-6-5-7-9-18/h5-13H,3-4,14-15H2,1-2H3,(H2,21,22,25). The Morgan fingerprint density at radius 3 is 2.31 bits per heavy atom. The zero-order valence-corrected chi connectivity index (χ0v) is 16.8. The van der Waals surface area contributed by atoms with Crippen LogP contribution < -0.4 is 10.6 Å². The molecular formula is C20H25N3OS2. The third kappa shape index (κ3) is 6.35. The summed E-state index contributed by atoms with van der Waals surface area (Å²) >= 11 is 7.11. The molecule has 0 unspecified atom stereocenters. The van der Waals surface area contributed by atoms with Crippen LogP contribution >= 0.6 is 24.0 Å². The zero-order valence-electron chi connectivity index (χ0n) is 15.2. The molecule has 0 heterocycles. The van der Waals surface area contributed by atoms with Gasteiger partial charge in [-0.1, -0.05) is 18.2 Å². The Morgan fingerprint density at radius 1 is 1.04 bits per heavy atom. The van der Waals surface area contributed by atoms with Gasteiger partial charge in [0, 0.05) is 41.5 Å². The molecule has 138 valence electrons. The van der Waals surface area contributed by atoms with E-state index < -0.39 is 0 Å². The molecule has 0 atom stereocenters. The molecule has 2 aromatic rings. The van der Waals surface area contributed by atoms with Crippen LogP contribution in [0.15, 0.2) is 59.5 Å². The normalized spacial score (nSPS) is 10.2. The third-order valence-corrected chi connectivity index (χ3v) is 5.10. The minimum atomic E-state index is 0.0557. The molecule has 0 saturated carbocycles. The SMILES string of the molecule is CCN(CC)C(=O)c1ccc(NC(=S)NCCSc2ccccc2)cc1. The maximum Gasteiger partial charge on any atom is 0.253 e. The lowest BCUT2D eigenvalue weighted by molar-refractivity contribution is 0.0773. The van der Waals surface area contributed by atoms with E-state index in [4.69, 9.17) is 12.2 Å². The molecule has 0 bridgehead atoms. The topological polar surface area (TPSA) is 44.4 Å². The second-order valence-corrected chi connectivity index (χ2v) is 7.17. The monoisotopic (exact) mass is 387 g/mol. The second kappa shape index (κ2) is 10.8. The summed E-state index contributed by atoms with van der Waals surface area (Å²) in [5.74, 6) is 0.989. The molecule has 0 spiro atoms. The predicted octanol–water partition coefficient (Wildman–Crippen LogP) is 4.25. The molecule has 2 rings (SSSR count). The number of hydrogen-bond acceptors (Lipinski definition) is 3. The first-order chi connectivity index (χ1) is 12.6. The van der Waals surface area contributed by atoms with Gasteiger partial charge in [-0.3, -0.25) is 4.79 Å². The van der Waals surface area contributed by atoms with E-state index in [1.165, 1.54) is 4.90 Å². The highest BCUT2D eigenvalue weighted by Crippen LogP contribution is 2.16. The van der Waals surface area contributed by atoms with E-state index >= 15 is 0 Å². The van der Waals surface area contributed by atoms with Gasteiger partial charge < -0.3 is 15.5 Å². The van der Waals surface area contributed by atoms with Gasteiger partial charge in [0.1, 0.15) is 0 Å². The van der Waals surface area contributed by atoms with Crippen molar-refractivity contribution in [3.8, 4) is 0 Å². The Morgan fingerprint density at radius 2 is 1.69 bits per heavy atom. The van der Waals surface area contributed by atoms with E-state index in [0.29, 0.717) is 23.8 Å². The lowest BCUT2D eigenvalue weighted by atomic mass is 10.2. The maximum absolute atomic E-state index is 12.3. The summed E-state index contributed by atoms with van der Waals surface area (Å²) in [5.41, 5.74) is 1.56. The number of nitrogens with zero attached hydrogens (tertiary/aromatic N) is 1. The fourth-order valence-electron chi connectivity index (χ4n) is 2.41. The summed E-state index contributed by atoms with van der Waals surface area (Å²) in [6.45, 7) is 6.17. The highest BCUT2D eigenvalue weighted by Gasteiger charge is 2.11. The number of thiocarbonyl (C=S) groups is 1. The van der Waals surface area contributed by atoms with Crippen LogP contribution in [-0.4, -0.2) is 41.3 Å². The van der Waals surface area contributed by atoms with Gasteiger partial charge in [0.25, 0.3) is 5.91 Å². The van der Waals surface area contributed by atoms with Gasteiger partial charge in [0.2, 0.25) is 0 Å². The Labute approximate surface area is 165 Å². The van der Waals surface area contributed by atoms with E-state index in [1.54, 1.807) is 16.7 Å². The van der Waals surface area contributed by atoms with E-state index in [2.05, 4.69) is 22.8 Å². The minimum Gasteiger partial charge on any atom is -0.362 e. The fourth-order valence-corrected chi connectivity index (χ4v) is 3.42. The van der Waals surface area contributed by atoms with Crippen LogP contribution in [0.3, 0.4) is 0 Å². The smallest absolute Gasteiger partial charge is 0.253 e. The number of anilines is 1. The Bertz CT molecular complexity index is 701. The molecule has 0 aliphatic rings. The molecule has 0 saturated heterocycles. The fraction of sp³-hybridized carbons (Fsp3) is 0.300. The summed E-state index contributed by atoms with van der Waals surface area (Å²) < 4.78 is 0. The number of carbonyl (C=O) groups is 1. The van der Waals surface area contributed by atoms with Gasteiger partial charge in [-0.2, -0.15) is 0 Å². The number of hydrogen-bond donors (Lipinski definition) is 2. The van der Waals surface area contributed by atoms with Gasteiger partial charge in [0.15, 0.2) is 5.11 Å². The quantitative estimate of drug-likeness (QED) is 0.403. The summed E-state index contributed by atoms with van der Waals surface area (Å²) in [6.07, 6.45) is 0. The largest absolute Gasteiger partial charge is 0.362 e. The minimum absolute atomic E-state index is 0.0557. The van der Waals surface area contributed by atoms with Crippen molar-refractivity contribution in [1.29, 1.82) is 0 Å². The lowest BCUT2D eigenvalue weighted by Crippen LogP contribution is -2.31. The number of thioether (sulfide) groups is 1. The van der Waals surface area contributed by atoms with E-state index in [1.807, 2.05) is 56.3 Å². The summed E-state index contributed by atoms with van der Waals surface area (Å²) in [6, 6.07) is 17.7. The number of rotatable bonds is 8. The molecule has 6 heteroatoms. The van der Waals surface area contributed by atoms with Crippen LogP contribution in [0.2, 0.25) is 0 Å². The van der Waals surface area contributed by atoms with E-state index in [-0.39, 0.29) is 5.91 Å². The molecule has 2 aromatic carbocycles. The molecule has 4 nitrogen and oxygen atoms in total. The predicted molar refractivity (Wildman–Crippen MR) is 115 cm³/mol. The van der Waals surface area contributed by atoms with Gasteiger partial charge >= 0.3 is 0 Å². The zero-order chi connectivity index (χ0) is 18.8. The van der Waals surface area contributed by atoms with Crippen molar-refractivity contribution in [2.45, 2.75) is 18.7 Å². The molecule has 0 aromatic heterocycles. The van der Waals surface area contributed by atoms with Gasteiger partial charge in [0.05, 0.1) is 0 Å². The molecule has 0 radical (unpaired) electrons. The Balaban J connectivity index is 1.75. The number of carbonyl (C=O) groups excluding carboxylic acids is 1. The van der Waals surface area contributed by atoms with E-state index in [0.717, 1.165) is 18.0 Å². The lowest BCUT2D eigenvalue weighted by Gasteiger charge is -2.18. The van der Waals surface area contributed by atoms with Crippen molar-refractivity contribution in [1.82, 2.24) is 10.2 Å². The van der Waals surface area contributed by atoms with Crippen molar-refractivity contribution < 1.29 is 4.79 Å². The van der Waals surface area contributed by atoms with Crippen molar-refractivity contribution in [3.63, 3.8) is 0 Å². The third-order valence-electron chi connectivity index (χ3n) is 3.84. The van der Waals surface area contributed by atoms with Gasteiger partial charge in [-0.25, -0.2) is 0 Å². The molecule has 26 heavy (non-hydrogen) atoms. The van der Waals surface area contributed by atoms with Crippen LogP contribution in [0, 0.1) is 0 Å². The Hall–Kier alpha value is -2.05. The van der Waals surface area contributed by atoms with Crippen LogP contribution in [0.4, 0.5) is 5.69 Å². The molecule has 0 fully saturated rings. The molecular weight excluding hydrogens is 362 g/mol. The first-order valence-corrected chi connectivity index (χ1v) is 10.2. The number of benzene rings is 2. The van der Waals surface area contributed by atoms with Gasteiger partial charge in [-0.05, 0) is 62.5 Å². The van der Waals surface area contributed by atoms with Crippen molar-refractivity contribution in [3.05, 3.63) is 60.2 Å². The summed E-state index contributed by atoms with van der Waals surface area (Å²) in [7, 11) is 0. The average Bonchev–Trinajstić information content (AvgIpc) is 2.67. The highest BCUT2D eigenvalue weighted by atomic mass is 32.2. The molecule has 0 aliphatic carbocycles. The van der Waals surface area contributed by atoms with Crippen molar-refractivity contribution in [2.24, 2.45) is 0 Å². The number of amides is 1. The van der Waals surface area contributed by atoms with E-state index in [9.17, 15) is 4.79 Å². The maximum atomic E-state index is 12.3. The highest BCUT2D eigenvalue weighted by molar-refractivity contribution is 7.99. The van der Waals surface area contributed by atoms with Crippen LogP contribution in [0.5, 0.6) is 0 Å². The van der Waals surface area contributed by atoms with Gasteiger partial charge in [-0.15, -0.1) is 11.8 Å². The van der Waals surface area contributed by atoms with Crippen LogP contribution in [0.25, 0.3) is 0 Å². The molecule has 0 aliphatic heterocycles. The number of nitrogens with one attached hydrogen (secondary N) is 2.